The van der Waals surface area contributed by atoms with E-state index in [1.54, 1.807) is 0 Å². The lowest BCUT2D eigenvalue weighted by atomic mass is 10.0. The van der Waals surface area contributed by atoms with Gasteiger partial charge in [-0.1, -0.05) is 108 Å². The van der Waals surface area contributed by atoms with Crippen molar-refractivity contribution in [1.82, 2.24) is 19.9 Å². The number of H-pyrrole nitrogens is 2. The first-order chi connectivity index (χ1) is 26.6. The smallest absolute Gasteiger partial charge is 0.0737 e. The number of aromatic amines is 2. The molecule has 0 saturated heterocycles. The molecule has 4 nitrogen and oxygen atoms in total. The fourth-order valence-corrected chi connectivity index (χ4v) is 11.4. The fraction of sp³-hybridized carbons (Fsp3) is 0. The maximum Gasteiger partial charge on any atom is 0.0737 e. The zero-order chi connectivity index (χ0) is 38.0. The van der Waals surface area contributed by atoms with Crippen LogP contribution in [0.4, 0.5) is 0 Å². The van der Waals surface area contributed by atoms with Crippen molar-refractivity contribution in [2.75, 3.05) is 0 Å². The minimum atomic E-state index is 0.838. The molecule has 0 spiro atoms. The van der Waals surface area contributed by atoms with Gasteiger partial charge in [-0.25, -0.2) is 9.97 Å². The maximum atomic E-state index is 5.43. The van der Waals surface area contributed by atoms with Gasteiger partial charge in [0.1, 0.15) is 0 Å². The van der Waals surface area contributed by atoms with E-state index in [4.69, 9.17) is 9.97 Å². The Hall–Kier alpha value is -2.91. The molecular formula is C44H23Br6IN4. The van der Waals surface area contributed by atoms with Crippen LogP contribution < -0.4 is 0 Å². The average molecular weight is 1210 g/mol. The van der Waals surface area contributed by atoms with Crippen molar-refractivity contribution in [2.24, 2.45) is 0 Å². The largest absolute Gasteiger partial charge is 0.354 e. The molecule has 8 bridgehead atoms. The molecule has 2 aliphatic rings. The lowest BCUT2D eigenvalue weighted by Gasteiger charge is -2.08. The minimum absolute atomic E-state index is 0.838. The van der Waals surface area contributed by atoms with Crippen LogP contribution in [0.2, 0.25) is 0 Å². The Labute approximate surface area is 381 Å². The maximum absolute atomic E-state index is 5.43. The standard InChI is InChI=1S/C44H23Br6IN4/c45-26-13-23(14-27(46)19-26)42-35-7-5-33(52-35)41(22-1-3-32(51)4-2-22)34-6-8-36(53-34)43(24-15-28(47)20-29(48)16-24)38-10-12-40(55-38)44(39-11-9-37(42)54-39)25-17-30(49)21-31(50)18-25/h1-21,52,55H. The summed E-state index contributed by atoms with van der Waals surface area (Å²) >= 11 is 24.8. The molecule has 7 aromatic rings. The first-order valence-electron chi connectivity index (χ1n) is 16.9. The van der Waals surface area contributed by atoms with Gasteiger partial charge in [-0.2, -0.15) is 0 Å². The van der Waals surface area contributed by atoms with E-state index in [9.17, 15) is 0 Å². The van der Waals surface area contributed by atoms with Gasteiger partial charge < -0.3 is 9.97 Å². The molecule has 0 unspecified atom stereocenters. The SMILES string of the molecule is Brc1cc(Br)cc(-c2c3nc(c(-c4cc(Br)cc(Br)c4)c4ccc([nH]4)c(-c4cc(Br)cc(Br)c4)c4nc(c(-c5ccc(I)cc5)c5ccc2[nH]5)C=C4)C=C3)c1. The molecule has 0 amide bonds. The van der Waals surface area contributed by atoms with Gasteiger partial charge in [0, 0.05) is 74.7 Å². The Balaban J connectivity index is 1.49. The van der Waals surface area contributed by atoms with E-state index in [1.807, 2.05) is 18.2 Å². The van der Waals surface area contributed by atoms with Gasteiger partial charge in [-0.15, -0.1) is 0 Å². The van der Waals surface area contributed by atoms with E-state index < -0.39 is 0 Å². The number of halogens is 7. The zero-order valence-electron chi connectivity index (χ0n) is 28.2. The molecule has 268 valence electrons. The molecule has 11 heteroatoms. The van der Waals surface area contributed by atoms with Crippen LogP contribution in [-0.4, -0.2) is 19.9 Å². The number of fused-ring (bicyclic) bond motifs is 8. The molecule has 0 fully saturated rings. The second kappa shape index (κ2) is 15.4. The van der Waals surface area contributed by atoms with Crippen LogP contribution in [0, 0.1) is 3.57 Å². The molecule has 0 saturated carbocycles. The molecular weight excluding hydrogens is 1190 g/mol. The minimum Gasteiger partial charge on any atom is -0.354 e. The summed E-state index contributed by atoms with van der Waals surface area (Å²) in [6.45, 7) is 0. The number of rotatable bonds is 4. The molecule has 4 aromatic carbocycles. The normalized spacial score (nSPS) is 12.1. The van der Waals surface area contributed by atoms with Crippen LogP contribution in [0.5, 0.6) is 0 Å². The Morgan fingerprint density at radius 3 is 0.909 bits per heavy atom. The summed E-state index contributed by atoms with van der Waals surface area (Å²) in [6.07, 6.45) is 8.46. The number of aromatic nitrogens is 4. The third-order valence-electron chi connectivity index (χ3n) is 9.34. The van der Waals surface area contributed by atoms with Gasteiger partial charge in [0.15, 0.2) is 0 Å². The van der Waals surface area contributed by atoms with E-state index >= 15 is 0 Å². The Morgan fingerprint density at radius 2 is 0.618 bits per heavy atom. The lowest BCUT2D eigenvalue weighted by molar-refractivity contribution is 1.31. The molecule has 0 radical (unpaired) electrons. The van der Waals surface area contributed by atoms with Crippen molar-refractivity contribution in [3.05, 3.63) is 156 Å². The van der Waals surface area contributed by atoms with Crippen molar-refractivity contribution in [1.29, 1.82) is 0 Å². The molecule has 0 aliphatic carbocycles. The average Bonchev–Trinajstić information content (AvgIpc) is 3.95. The number of benzene rings is 4. The summed E-state index contributed by atoms with van der Waals surface area (Å²) < 4.78 is 6.93. The van der Waals surface area contributed by atoms with Gasteiger partial charge in [-0.05, 0) is 160 Å². The van der Waals surface area contributed by atoms with Crippen molar-refractivity contribution >= 4 is 165 Å². The van der Waals surface area contributed by atoms with E-state index in [-0.39, 0.29) is 0 Å². The number of nitrogens with one attached hydrogen (secondary N) is 2. The second-order valence-corrected chi connectivity index (χ2v) is 19.7. The predicted octanol–water partition coefficient (Wildman–Crippen LogP) is 16.5. The molecule has 5 heterocycles. The highest BCUT2D eigenvalue weighted by atomic mass is 127. The van der Waals surface area contributed by atoms with E-state index in [0.29, 0.717) is 0 Å². The van der Waals surface area contributed by atoms with Gasteiger partial charge in [0.25, 0.3) is 0 Å². The zero-order valence-corrected chi connectivity index (χ0v) is 39.8. The molecule has 2 N–H and O–H groups in total. The Bertz CT molecular complexity index is 2850. The summed E-state index contributed by atoms with van der Waals surface area (Å²) in [5, 5.41) is 0. The molecule has 9 rings (SSSR count). The van der Waals surface area contributed by atoms with E-state index in [0.717, 1.165) is 120 Å². The monoisotopic (exact) mass is 1210 g/mol. The first-order valence-corrected chi connectivity index (χ1v) is 22.7. The number of hydrogen-bond acceptors (Lipinski definition) is 2. The predicted molar refractivity (Wildman–Crippen MR) is 260 cm³/mol. The number of hydrogen-bond donors (Lipinski definition) is 2. The third-order valence-corrected chi connectivity index (χ3v) is 12.8. The summed E-state index contributed by atoms with van der Waals surface area (Å²) in [5.41, 5.74) is 15.1. The summed E-state index contributed by atoms with van der Waals surface area (Å²) in [5.74, 6) is 0. The summed E-state index contributed by atoms with van der Waals surface area (Å²) in [4.78, 5) is 18.5. The van der Waals surface area contributed by atoms with E-state index in [1.165, 1.54) is 0 Å². The van der Waals surface area contributed by atoms with Crippen molar-refractivity contribution < 1.29 is 0 Å². The summed E-state index contributed by atoms with van der Waals surface area (Å²) in [6, 6.07) is 36.1. The fourth-order valence-electron chi connectivity index (χ4n) is 7.13. The van der Waals surface area contributed by atoms with Crippen molar-refractivity contribution in [3.8, 4) is 44.5 Å². The summed E-state index contributed by atoms with van der Waals surface area (Å²) in [7, 11) is 0. The second-order valence-electron chi connectivity index (χ2n) is 13.0. The van der Waals surface area contributed by atoms with Gasteiger partial charge in [0.2, 0.25) is 0 Å². The van der Waals surface area contributed by atoms with Gasteiger partial charge in [0.05, 0.1) is 22.8 Å². The topological polar surface area (TPSA) is 57.4 Å². The van der Waals surface area contributed by atoms with E-state index in [2.05, 4.69) is 237 Å². The highest BCUT2D eigenvalue weighted by Gasteiger charge is 2.20. The first kappa shape index (κ1) is 37.7. The highest BCUT2D eigenvalue weighted by molar-refractivity contribution is 14.1. The molecule has 55 heavy (non-hydrogen) atoms. The van der Waals surface area contributed by atoms with Crippen molar-refractivity contribution in [3.63, 3.8) is 0 Å². The van der Waals surface area contributed by atoms with Gasteiger partial charge in [-0.3, -0.25) is 0 Å². The molecule has 0 atom stereocenters. The quantitative estimate of drug-likeness (QED) is 0.173. The van der Waals surface area contributed by atoms with Crippen molar-refractivity contribution in [2.45, 2.75) is 0 Å². The highest BCUT2D eigenvalue weighted by Crippen LogP contribution is 2.41. The number of nitrogens with zero attached hydrogens (tertiary/aromatic N) is 2. The van der Waals surface area contributed by atoms with Crippen LogP contribution in [0.15, 0.2) is 130 Å². The van der Waals surface area contributed by atoms with Crippen LogP contribution in [-0.2, 0) is 0 Å². The third kappa shape index (κ3) is 7.62. The molecule has 3 aromatic heterocycles. The molecule has 2 aliphatic heterocycles. The Kier molecular flexibility index (Phi) is 10.6. The lowest BCUT2D eigenvalue weighted by Crippen LogP contribution is -1.90. The van der Waals surface area contributed by atoms with Crippen LogP contribution >= 0.6 is 118 Å². The van der Waals surface area contributed by atoms with Crippen LogP contribution in [0.25, 0.3) is 90.9 Å². The van der Waals surface area contributed by atoms with Crippen LogP contribution in [0.1, 0.15) is 22.8 Å². The Morgan fingerprint density at radius 1 is 0.345 bits per heavy atom. The van der Waals surface area contributed by atoms with Gasteiger partial charge >= 0.3 is 0 Å². The van der Waals surface area contributed by atoms with Crippen LogP contribution in [0.3, 0.4) is 0 Å².